The Kier molecular flexibility index (Phi) is 10.0. The highest BCUT2D eigenvalue weighted by Gasteiger charge is 2.70. The average Bonchev–Trinajstić information content (AvgIpc) is 3.79. The smallest absolute Gasteiger partial charge is 0.315 e. The molecule has 10 nitrogen and oxygen atoms in total. The highest BCUT2D eigenvalue weighted by molar-refractivity contribution is 7.99. The molecule has 11 heteroatoms. The number of benzene rings is 1. The van der Waals surface area contributed by atoms with Gasteiger partial charge in [0.1, 0.15) is 12.1 Å². The lowest BCUT2D eigenvalue weighted by Gasteiger charge is -2.38. The molecule has 6 atom stereocenters. The first kappa shape index (κ1) is 34.8. The first-order valence-electron chi connectivity index (χ1n) is 16.0. The van der Waals surface area contributed by atoms with E-state index in [1.807, 2.05) is 51.1 Å². The van der Waals surface area contributed by atoms with E-state index in [4.69, 9.17) is 5.73 Å². The maximum absolute atomic E-state index is 14.3. The van der Waals surface area contributed by atoms with Crippen molar-refractivity contribution in [2.75, 3.05) is 12.3 Å². The molecular weight excluding hydrogens is 590 g/mol. The largest absolute Gasteiger partial charge is 0.363 e. The van der Waals surface area contributed by atoms with Gasteiger partial charge in [-0.1, -0.05) is 86.4 Å². The van der Waals surface area contributed by atoms with E-state index in [0.29, 0.717) is 18.7 Å². The second-order valence-electron chi connectivity index (χ2n) is 15.8. The normalized spacial score (nSPS) is 24.1. The van der Waals surface area contributed by atoms with Crippen LogP contribution in [0.25, 0.3) is 0 Å². The van der Waals surface area contributed by atoms with Gasteiger partial charge >= 0.3 is 6.03 Å². The van der Waals surface area contributed by atoms with Crippen LogP contribution in [0.1, 0.15) is 74.7 Å². The van der Waals surface area contributed by atoms with Gasteiger partial charge in [0.25, 0.3) is 5.91 Å². The minimum Gasteiger partial charge on any atom is -0.363 e. The summed E-state index contributed by atoms with van der Waals surface area (Å²) in [6.07, 6.45) is 2.23. The molecule has 3 fully saturated rings. The van der Waals surface area contributed by atoms with Crippen LogP contribution < -0.4 is 21.7 Å². The minimum absolute atomic E-state index is 0.0959. The van der Waals surface area contributed by atoms with Crippen molar-refractivity contribution in [2.24, 2.45) is 39.7 Å². The van der Waals surface area contributed by atoms with Crippen molar-refractivity contribution in [1.82, 2.24) is 20.9 Å². The fraction of sp³-hybridized carbons (Fsp3) is 0.676. The number of ketones is 1. The molecule has 3 aliphatic rings. The van der Waals surface area contributed by atoms with Gasteiger partial charge in [0.15, 0.2) is 0 Å². The van der Waals surface area contributed by atoms with Crippen molar-refractivity contribution in [3.05, 3.63) is 30.3 Å². The highest BCUT2D eigenvalue weighted by atomic mass is 32.2. The molecule has 5 amide bonds. The summed E-state index contributed by atoms with van der Waals surface area (Å²) in [5, 5.41) is 8.86. The predicted octanol–water partition coefficient (Wildman–Crippen LogP) is 3.73. The molecule has 248 valence electrons. The third-order valence-electron chi connectivity index (χ3n) is 9.80. The number of primary amides is 1. The first-order valence-corrected chi connectivity index (χ1v) is 17.0. The van der Waals surface area contributed by atoms with Crippen LogP contribution in [0.2, 0.25) is 0 Å². The Balaban J connectivity index is 1.50. The van der Waals surface area contributed by atoms with E-state index in [-0.39, 0.29) is 40.5 Å². The second-order valence-corrected chi connectivity index (χ2v) is 16.9. The molecule has 2 saturated carbocycles. The van der Waals surface area contributed by atoms with Crippen molar-refractivity contribution in [1.29, 1.82) is 0 Å². The summed E-state index contributed by atoms with van der Waals surface area (Å²) in [5.74, 6) is -1.76. The van der Waals surface area contributed by atoms with E-state index in [2.05, 4.69) is 50.6 Å². The van der Waals surface area contributed by atoms with Gasteiger partial charge in [-0.05, 0) is 52.6 Å². The maximum atomic E-state index is 14.3. The molecule has 5 N–H and O–H groups in total. The van der Waals surface area contributed by atoms with Crippen LogP contribution in [-0.4, -0.2) is 70.9 Å². The summed E-state index contributed by atoms with van der Waals surface area (Å²) in [7, 11) is 0. The Morgan fingerprint density at radius 1 is 0.956 bits per heavy atom. The van der Waals surface area contributed by atoms with Crippen molar-refractivity contribution < 1.29 is 24.0 Å². The van der Waals surface area contributed by atoms with E-state index in [1.165, 1.54) is 0 Å². The zero-order valence-electron chi connectivity index (χ0n) is 27.9. The number of fused-ring (bicyclic) bond motifs is 1. The molecule has 5 unspecified atom stereocenters. The number of nitrogens with zero attached hydrogens (tertiary/aromatic N) is 1. The summed E-state index contributed by atoms with van der Waals surface area (Å²) < 4.78 is 0. The van der Waals surface area contributed by atoms with Crippen LogP contribution in [-0.2, 0) is 19.2 Å². The molecule has 1 aromatic rings. The van der Waals surface area contributed by atoms with Crippen molar-refractivity contribution in [2.45, 2.75) is 104 Å². The monoisotopic (exact) mass is 641 g/mol. The lowest BCUT2D eigenvalue weighted by Crippen LogP contribution is -2.62. The van der Waals surface area contributed by atoms with E-state index < -0.39 is 47.2 Å². The van der Waals surface area contributed by atoms with Gasteiger partial charge < -0.3 is 26.6 Å². The number of Topliss-reactive ketones (excluding diaryl/α,β-unsaturated/α-hetero) is 1. The number of likely N-dealkylation sites (tertiary alicyclic amines) is 1. The molecule has 0 aromatic heterocycles. The number of urea groups is 1. The standard InChI is InChI=1S/C34H51N5O5S/c1-32(2,3)23(18-45-20-12-10-9-11-13-20)37-31(44)38-27(33(4,5)6)30(43)39-17-21-24(34(21,7)8)25(39)29(42)36-22(16-19-14-15-19)26(40)28(35)41/h9-13,19,21-25,27H,14-18H2,1-8H3,(H2,35,41)(H,36,42)(H2,37,38,44)/t21?,22?,23?,24?,25?,27-/m1/s1. The lowest BCUT2D eigenvalue weighted by molar-refractivity contribution is -0.145. The van der Waals surface area contributed by atoms with Crippen molar-refractivity contribution in [3.8, 4) is 0 Å². The number of carbonyl (C=O) groups is 5. The Morgan fingerprint density at radius 2 is 1.58 bits per heavy atom. The van der Waals surface area contributed by atoms with Gasteiger partial charge in [0.2, 0.25) is 17.6 Å². The third-order valence-corrected chi connectivity index (χ3v) is 10.9. The molecule has 1 aliphatic heterocycles. The maximum Gasteiger partial charge on any atom is 0.315 e. The average molecular weight is 642 g/mol. The lowest BCUT2D eigenvalue weighted by atomic mass is 9.85. The molecule has 2 aliphatic carbocycles. The van der Waals surface area contributed by atoms with E-state index in [1.54, 1.807) is 16.7 Å². The molecule has 1 heterocycles. The number of hydrogen-bond acceptors (Lipinski definition) is 6. The Morgan fingerprint density at radius 3 is 2.11 bits per heavy atom. The van der Waals surface area contributed by atoms with Crippen LogP contribution in [0.15, 0.2) is 35.2 Å². The summed E-state index contributed by atoms with van der Waals surface area (Å²) in [6, 6.07) is 6.61. The van der Waals surface area contributed by atoms with E-state index >= 15 is 0 Å². The fourth-order valence-corrected chi connectivity index (χ4v) is 7.80. The molecule has 0 bridgehead atoms. The number of rotatable bonds is 12. The van der Waals surface area contributed by atoms with Crippen LogP contribution in [0, 0.1) is 34.0 Å². The van der Waals surface area contributed by atoms with Crippen molar-refractivity contribution in [3.63, 3.8) is 0 Å². The number of carbonyl (C=O) groups excluding carboxylic acids is 5. The van der Waals surface area contributed by atoms with Crippen LogP contribution in [0.3, 0.4) is 0 Å². The Labute approximate surface area is 271 Å². The number of amides is 5. The Hall–Kier alpha value is -3.08. The summed E-state index contributed by atoms with van der Waals surface area (Å²) in [6.45, 7) is 16.4. The van der Waals surface area contributed by atoms with Crippen LogP contribution in [0.4, 0.5) is 4.79 Å². The highest BCUT2D eigenvalue weighted by Crippen LogP contribution is 2.65. The van der Waals surface area contributed by atoms with E-state index in [9.17, 15) is 24.0 Å². The SMILES string of the molecule is CC(C)(C)C(CSc1ccccc1)NC(=O)N[C@H](C(=O)N1CC2C(C1C(=O)NC(CC1CC1)C(=O)C(N)=O)C2(C)C)C(C)(C)C. The molecule has 0 spiro atoms. The molecule has 45 heavy (non-hydrogen) atoms. The van der Waals surface area contributed by atoms with Gasteiger partial charge in [-0.2, -0.15) is 0 Å². The van der Waals surface area contributed by atoms with Crippen LogP contribution in [0.5, 0.6) is 0 Å². The summed E-state index contributed by atoms with van der Waals surface area (Å²) in [4.78, 5) is 68.7. The van der Waals surface area contributed by atoms with Gasteiger partial charge in [0.05, 0.1) is 6.04 Å². The van der Waals surface area contributed by atoms with Gasteiger partial charge in [-0.3, -0.25) is 19.2 Å². The molecular formula is C34H51N5O5S. The van der Waals surface area contributed by atoms with Gasteiger partial charge in [-0.25, -0.2) is 4.79 Å². The van der Waals surface area contributed by atoms with Crippen LogP contribution >= 0.6 is 11.8 Å². The Bertz CT molecular complexity index is 1300. The van der Waals surface area contributed by atoms with Crippen molar-refractivity contribution >= 4 is 41.3 Å². The zero-order valence-corrected chi connectivity index (χ0v) is 28.8. The molecule has 1 aromatic carbocycles. The number of nitrogens with two attached hydrogens (primary N) is 1. The summed E-state index contributed by atoms with van der Waals surface area (Å²) >= 11 is 1.66. The number of hydrogen-bond donors (Lipinski definition) is 4. The number of thioether (sulfide) groups is 1. The molecule has 4 rings (SSSR count). The minimum atomic E-state index is -1.08. The van der Waals surface area contributed by atoms with Gasteiger partial charge in [0, 0.05) is 23.2 Å². The fourth-order valence-electron chi connectivity index (χ4n) is 6.51. The summed E-state index contributed by atoms with van der Waals surface area (Å²) in [5.41, 5.74) is 4.24. The molecule has 0 radical (unpaired) electrons. The van der Waals surface area contributed by atoms with E-state index in [0.717, 1.165) is 17.7 Å². The third kappa shape index (κ3) is 8.20. The quantitative estimate of drug-likeness (QED) is 0.202. The predicted molar refractivity (Wildman–Crippen MR) is 175 cm³/mol. The first-order chi connectivity index (χ1) is 20.8. The number of piperidine rings is 1. The topological polar surface area (TPSA) is 151 Å². The zero-order chi connectivity index (χ0) is 33.5. The number of nitrogens with one attached hydrogen (secondary N) is 3. The van der Waals surface area contributed by atoms with Gasteiger partial charge in [-0.15, -0.1) is 11.8 Å². The molecule has 1 saturated heterocycles. The second kappa shape index (κ2) is 13.0.